The van der Waals surface area contributed by atoms with Gasteiger partial charge in [-0.05, 0) is 12.5 Å². The second kappa shape index (κ2) is 4.51. The van der Waals surface area contributed by atoms with E-state index in [1.165, 1.54) is 5.56 Å². The van der Waals surface area contributed by atoms with Crippen molar-refractivity contribution < 1.29 is 9.53 Å². The molecule has 1 fully saturated rings. The van der Waals surface area contributed by atoms with Gasteiger partial charge in [0, 0.05) is 9.84 Å². The molecule has 0 spiro atoms. The molecule has 1 saturated heterocycles. The predicted octanol–water partition coefficient (Wildman–Crippen LogP) is 2.91. The highest BCUT2D eigenvalue weighted by Gasteiger charge is 2.38. The maximum atomic E-state index is 11.3. The van der Waals surface area contributed by atoms with Crippen LogP contribution in [0.2, 0.25) is 0 Å². The molecular weight excluding hydrogens is 303 g/mol. The number of benzene rings is 1. The molecule has 0 bridgehead atoms. The third-order valence-corrected chi connectivity index (χ3v) is 3.44. The Morgan fingerprint density at radius 3 is 2.67 bits per heavy atom. The van der Waals surface area contributed by atoms with E-state index < -0.39 is 0 Å². The van der Waals surface area contributed by atoms with E-state index in [0.717, 1.165) is 0 Å². The van der Waals surface area contributed by atoms with Gasteiger partial charge in [0.05, 0.1) is 6.42 Å². The highest BCUT2D eigenvalue weighted by Crippen LogP contribution is 2.35. The van der Waals surface area contributed by atoms with Gasteiger partial charge in [0.1, 0.15) is 6.10 Å². The fourth-order valence-corrected chi connectivity index (χ4v) is 2.65. The van der Waals surface area contributed by atoms with Gasteiger partial charge in [0.15, 0.2) is 0 Å². The minimum atomic E-state index is -0.0719. The van der Waals surface area contributed by atoms with E-state index in [2.05, 4.69) is 41.6 Å². The monoisotopic (exact) mass is 316 g/mol. The van der Waals surface area contributed by atoms with Crippen molar-refractivity contribution in [1.29, 1.82) is 0 Å². The van der Waals surface area contributed by atoms with Crippen LogP contribution in [0.1, 0.15) is 24.8 Å². The van der Waals surface area contributed by atoms with E-state index in [1.54, 1.807) is 0 Å². The number of cyclic esters (lactones) is 1. The second-order valence-corrected chi connectivity index (χ2v) is 5.82. The molecule has 0 amide bonds. The van der Waals surface area contributed by atoms with Gasteiger partial charge in [0.2, 0.25) is 0 Å². The largest absolute Gasteiger partial charge is 0.461 e. The van der Waals surface area contributed by atoms with Gasteiger partial charge in [-0.3, -0.25) is 4.79 Å². The summed E-state index contributed by atoms with van der Waals surface area (Å²) in [4.78, 5) is 11.3. The first-order valence-corrected chi connectivity index (χ1v) is 6.31. The molecule has 0 aromatic heterocycles. The summed E-state index contributed by atoms with van der Waals surface area (Å²) < 4.78 is 5.69. The number of esters is 1. The Morgan fingerprint density at radius 2 is 2.07 bits per heavy atom. The molecule has 15 heavy (non-hydrogen) atoms. The first kappa shape index (κ1) is 10.9. The summed E-state index contributed by atoms with van der Waals surface area (Å²) in [6, 6.07) is 10.1. The molecule has 1 heterocycles. The Hall–Kier alpha value is -0.580. The zero-order chi connectivity index (χ0) is 10.8. The molecule has 0 aliphatic carbocycles. The molecular formula is C12H13IO2. The van der Waals surface area contributed by atoms with Crippen molar-refractivity contribution in [3.05, 3.63) is 35.9 Å². The van der Waals surface area contributed by atoms with E-state index in [9.17, 15) is 4.79 Å². The number of carbonyl (C=O) groups is 1. The quantitative estimate of drug-likeness (QED) is 0.476. The van der Waals surface area contributed by atoms with Gasteiger partial charge in [-0.1, -0.05) is 52.9 Å². The van der Waals surface area contributed by atoms with Gasteiger partial charge in [-0.25, -0.2) is 0 Å². The first-order valence-electron chi connectivity index (χ1n) is 5.07. The number of alkyl halides is 1. The van der Waals surface area contributed by atoms with Gasteiger partial charge >= 0.3 is 5.97 Å². The normalized spacial score (nSPS) is 27.5. The molecule has 1 aliphatic rings. The van der Waals surface area contributed by atoms with Crippen LogP contribution < -0.4 is 0 Å². The molecule has 0 saturated carbocycles. The molecule has 1 aromatic rings. The zero-order valence-corrected chi connectivity index (χ0v) is 10.7. The molecule has 2 rings (SSSR count). The highest BCUT2D eigenvalue weighted by atomic mass is 127. The number of rotatable bonds is 2. The lowest BCUT2D eigenvalue weighted by Gasteiger charge is -2.19. The van der Waals surface area contributed by atoms with Crippen LogP contribution in [0.4, 0.5) is 0 Å². The zero-order valence-electron chi connectivity index (χ0n) is 8.52. The molecule has 0 unspecified atom stereocenters. The topological polar surface area (TPSA) is 26.3 Å². The van der Waals surface area contributed by atoms with Crippen molar-refractivity contribution in [2.24, 2.45) is 0 Å². The third kappa shape index (κ3) is 2.33. The minimum Gasteiger partial charge on any atom is -0.461 e. The lowest BCUT2D eigenvalue weighted by molar-refractivity contribution is -0.141. The third-order valence-electron chi connectivity index (χ3n) is 2.73. The minimum absolute atomic E-state index is 0.0282. The Morgan fingerprint density at radius 1 is 1.40 bits per heavy atom. The Balaban J connectivity index is 2.24. The number of hydrogen-bond donors (Lipinski definition) is 0. The van der Waals surface area contributed by atoms with Gasteiger partial charge < -0.3 is 4.74 Å². The fraction of sp³-hybridized carbons (Fsp3) is 0.417. The number of carbonyl (C=O) groups excluding carboxylic acids is 1. The van der Waals surface area contributed by atoms with Crippen molar-refractivity contribution in [2.45, 2.75) is 29.3 Å². The summed E-state index contributed by atoms with van der Waals surface area (Å²) in [5.41, 5.74) is 1.21. The lowest BCUT2D eigenvalue weighted by atomic mass is 9.91. The van der Waals surface area contributed by atoms with E-state index in [0.29, 0.717) is 10.3 Å². The van der Waals surface area contributed by atoms with Crippen LogP contribution in [0, 0.1) is 0 Å². The van der Waals surface area contributed by atoms with E-state index in [1.807, 2.05) is 18.2 Å². The summed E-state index contributed by atoms with van der Waals surface area (Å²) in [5, 5.41) is 0. The van der Waals surface area contributed by atoms with Crippen LogP contribution in [0.5, 0.6) is 0 Å². The molecule has 1 aliphatic heterocycles. The molecule has 0 radical (unpaired) electrons. The molecule has 0 N–H and O–H groups in total. The summed E-state index contributed by atoms with van der Waals surface area (Å²) in [7, 11) is 0. The van der Waals surface area contributed by atoms with Gasteiger partial charge in [-0.2, -0.15) is 0 Å². The van der Waals surface area contributed by atoms with E-state index >= 15 is 0 Å². The van der Waals surface area contributed by atoms with Crippen LogP contribution in [-0.2, 0) is 9.53 Å². The van der Waals surface area contributed by atoms with Crippen molar-refractivity contribution >= 4 is 28.6 Å². The lowest BCUT2D eigenvalue weighted by Crippen LogP contribution is -2.23. The van der Waals surface area contributed by atoms with Crippen LogP contribution in [0.3, 0.4) is 0 Å². The van der Waals surface area contributed by atoms with Crippen LogP contribution in [0.15, 0.2) is 30.3 Å². The average molecular weight is 316 g/mol. The molecule has 80 valence electrons. The van der Waals surface area contributed by atoms with Crippen LogP contribution in [0.25, 0.3) is 0 Å². The SMILES string of the molecule is C[C@@H](I)[C@H]1OC(=O)C[C@@H]1c1ccccc1. The van der Waals surface area contributed by atoms with Gasteiger partial charge in [-0.15, -0.1) is 0 Å². The fourth-order valence-electron chi connectivity index (χ4n) is 2.00. The van der Waals surface area contributed by atoms with Crippen LogP contribution in [-0.4, -0.2) is 16.0 Å². The predicted molar refractivity (Wildman–Crippen MR) is 67.2 cm³/mol. The Kier molecular flexibility index (Phi) is 3.29. The molecule has 2 nitrogen and oxygen atoms in total. The second-order valence-electron chi connectivity index (χ2n) is 3.85. The summed E-state index contributed by atoms with van der Waals surface area (Å²) >= 11 is 2.32. The number of hydrogen-bond acceptors (Lipinski definition) is 2. The maximum absolute atomic E-state index is 11.3. The molecule has 1 aromatic carbocycles. The average Bonchev–Trinajstić information content (AvgIpc) is 2.62. The summed E-state index contributed by atoms with van der Waals surface area (Å²) in [6.07, 6.45) is 0.544. The Labute approximate surface area is 103 Å². The van der Waals surface area contributed by atoms with Crippen LogP contribution >= 0.6 is 22.6 Å². The van der Waals surface area contributed by atoms with E-state index in [4.69, 9.17) is 4.74 Å². The highest BCUT2D eigenvalue weighted by molar-refractivity contribution is 14.1. The maximum Gasteiger partial charge on any atom is 0.306 e. The van der Waals surface area contributed by atoms with Crippen molar-refractivity contribution in [3.8, 4) is 0 Å². The number of halogens is 1. The summed E-state index contributed by atoms with van der Waals surface area (Å²) in [5.74, 6) is 0.156. The Bertz CT molecular complexity index is 348. The van der Waals surface area contributed by atoms with Gasteiger partial charge in [0.25, 0.3) is 0 Å². The van der Waals surface area contributed by atoms with Crippen molar-refractivity contribution in [1.82, 2.24) is 0 Å². The smallest absolute Gasteiger partial charge is 0.306 e. The van der Waals surface area contributed by atoms with Crippen molar-refractivity contribution in [2.75, 3.05) is 0 Å². The first-order chi connectivity index (χ1) is 7.18. The summed E-state index contributed by atoms with van der Waals surface area (Å²) in [6.45, 7) is 2.08. The van der Waals surface area contributed by atoms with E-state index in [-0.39, 0.29) is 18.0 Å². The standard InChI is InChI=1S/C12H13IO2/c1-8(13)12-10(7-11(14)15-12)9-5-3-2-4-6-9/h2-6,8,10,12H,7H2,1H3/t8-,10-,12-/m1/s1. The van der Waals surface area contributed by atoms with Crippen molar-refractivity contribution in [3.63, 3.8) is 0 Å². The molecule has 3 heteroatoms. The number of ether oxygens (including phenoxy) is 1. The molecule has 3 atom stereocenters.